The van der Waals surface area contributed by atoms with Crippen molar-refractivity contribution in [1.82, 2.24) is 35.0 Å². The van der Waals surface area contributed by atoms with Crippen LogP contribution in [0.1, 0.15) is 67.2 Å². The molecule has 1 saturated heterocycles. The molecule has 208 valence electrons. The van der Waals surface area contributed by atoms with Crippen molar-refractivity contribution < 1.29 is 9.47 Å². The molecule has 0 bridgehead atoms. The van der Waals surface area contributed by atoms with Crippen molar-refractivity contribution in [2.75, 3.05) is 33.0 Å². The lowest BCUT2D eigenvalue weighted by atomic mass is 10.0. The Morgan fingerprint density at radius 1 is 0.975 bits per heavy atom. The molecule has 1 aliphatic carbocycles. The third-order valence-corrected chi connectivity index (χ3v) is 8.69. The van der Waals surface area contributed by atoms with Crippen LogP contribution in [0.5, 0.6) is 11.5 Å². The highest BCUT2D eigenvalue weighted by molar-refractivity contribution is 5.80. The zero-order chi connectivity index (χ0) is 27.1. The van der Waals surface area contributed by atoms with Gasteiger partial charge in [0.25, 0.3) is 5.56 Å². The zero-order valence-electron chi connectivity index (χ0n) is 22.9. The molecule has 1 N–H and O–H groups in total. The molecule has 2 aliphatic heterocycles. The van der Waals surface area contributed by atoms with Gasteiger partial charge in [0.2, 0.25) is 6.79 Å². The highest BCUT2D eigenvalue weighted by Gasteiger charge is 2.34. The van der Waals surface area contributed by atoms with E-state index in [0.29, 0.717) is 5.56 Å². The van der Waals surface area contributed by atoms with Crippen molar-refractivity contribution in [3.05, 3.63) is 75.3 Å². The molecule has 10 nitrogen and oxygen atoms in total. The molecule has 0 radical (unpaired) electrons. The molecule has 0 spiro atoms. The van der Waals surface area contributed by atoms with E-state index in [0.717, 1.165) is 80.2 Å². The number of benzene rings is 2. The lowest BCUT2D eigenvalue weighted by Crippen LogP contribution is -2.48. The van der Waals surface area contributed by atoms with Crippen molar-refractivity contribution in [2.24, 2.45) is 0 Å². The molecule has 2 fully saturated rings. The molecule has 1 saturated carbocycles. The number of rotatable bonds is 7. The van der Waals surface area contributed by atoms with Gasteiger partial charge in [-0.2, -0.15) is 0 Å². The van der Waals surface area contributed by atoms with Crippen LogP contribution >= 0.6 is 0 Å². The van der Waals surface area contributed by atoms with Crippen LogP contribution in [0.3, 0.4) is 0 Å². The van der Waals surface area contributed by atoms with E-state index in [9.17, 15) is 4.79 Å². The Hall–Kier alpha value is -3.76. The molecule has 0 amide bonds. The first-order valence-corrected chi connectivity index (χ1v) is 14.4. The summed E-state index contributed by atoms with van der Waals surface area (Å²) in [5.41, 5.74) is 3.94. The van der Waals surface area contributed by atoms with Crippen LogP contribution in [0.25, 0.3) is 10.9 Å². The Labute approximate surface area is 232 Å². The van der Waals surface area contributed by atoms with Gasteiger partial charge in [-0.1, -0.05) is 31.9 Å². The third kappa shape index (κ3) is 4.75. The maximum absolute atomic E-state index is 13.6. The van der Waals surface area contributed by atoms with E-state index in [4.69, 9.17) is 9.47 Å². The summed E-state index contributed by atoms with van der Waals surface area (Å²) in [4.78, 5) is 21.6. The van der Waals surface area contributed by atoms with Gasteiger partial charge in [-0.15, -0.1) is 5.10 Å². The van der Waals surface area contributed by atoms with Crippen LogP contribution in [-0.2, 0) is 13.0 Å². The molecule has 1 atom stereocenters. The number of piperazine rings is 1. The number of nitrogens with one attached hydrogen (secondary N) is 1. The lowest BCUT2D eigenvalue weighted by Gasteiger charge is -2.39. The summed E-state index contributed by atoms with van der Waals surface area (Å²) in [6.07, 6.45) is 5.45. The van der Waals surface area contributed by atoms with Crippen LogP contribution in [0.2, 0.25) is 0 Å². The predicted molar refractivity (Wildman–Crippen MR) is 151 cm³/mol. The highest BCUT2D eigenvalue weighted by atomic mass is 16.7. The van der Waals surface area contributed by atoms with Crippen molar-refractivity contribution in [3.63, 3.8) is 0 Å². The standard InChI is InChI=1S/C30H35N7O3/c1-2-20-7-9-25-22(15-20)17-24(30(38)31-25)28(29-32-33-34-37(29)23-5-3-4-6-23)36-13-11-35(12-14-36)18-21-8-10-26-27(16-21)40-19-39-26/h7-10,15-17,23,28H,2-6,11-14,18-19H2,1H3,(H,31,38). The Kier molecular flexibility index (Phi) is 6.73. The lowest BCUT2D eigenvalue weighted by molar-refractivity contribution is 0.0988. The first kappa shape index (κ1) is 25.2. The van der Waals surface area contributed by atoms with Gasteiger partial charge in [-0.25, -0.2) is 4.68 Å². The second kappa shape index (κ2) is 10.7. The Balaban J connectivity index is 1.19. The second-order valence-corrected chi connectivity index (χ2v) is 11.2. The van der Waals surface area contributed by atoms with Crippen LogP contribution in [0.15, 0.2) is 47.3 Å². The first-order valence-electron chi connectivity index (χ1n) is 14.4. The molecular weight excluding hydrogens is 506 g/mol. The van der Waals surface area contributed by atoms with Gasteiger partial charge in [0.1, 0.15) is 6.04 Å². The highest BCUT2D eigenvalue weighted by Crippen LogP contribution is 2.35. The summed E-state index contributed by atoms with van der Waals surface area (Å²) in [5, 5.41) is 14.2. The maximum atomic E-state index is 13.6. The number of H-pyrrole nitrogens is 1. The summed E-state index contributed by atoms with van der Waals surface area (Å²) < 4.78 is 13.0. The molecule has 4 heterocycles. The van der Waals surface area contributed by atoms with E-state index in [1.54, 1.807) is 0 Å². The summed E-state index contributed by atoms with van der Waals surface area (Å²) in [5.74, 6) is 2.40. The van der Waals surface area contributed by atoms with E-state index in [-0.39, 0.29) is 24.4 Å². The summed E-state index contributed by atoms with van der Waals surface area (Å²) in [7, 11) is 0. The number of aryl methyl sites for hydroxylation is 1. The van der Waals surface area contributed by atoms with Crippen molar-refractivity contribution >= 4 is 10.9 Å². The van der Waals surface area contributed by atoms with Crippen LogP contribution in [0.4, 0.5) is 0 Å². The van der Waals surface area contributed by atoms with E-state index in [1.807, 2.05) is 16.8 Å². The SMILES string of the molecule is CCc1ccc2[nH]c(=O)c(C(c3nnnn3C3CCCC3)N3CCN(Cc4ccc5c(c4)OCO5)CC3)cc2c1. The number of ether oxygens (including phenoxy) is 2. The van der Waals surface area contributed by atoms with Crippen LogP contribution < -0.4 is 15.0 Å². The third-order valence-electron chi connectivity index (χ3n) is 8.69. The van der Waals surface area contributed by atoms with E-state index >= 15 is 0 Å². The van der Waals surface area contributed by atoms with Gasteiger partial charge in [-0.05, 0) is 76.5 Å². The molecule has 7 rings (SSSR count). The first-order chi connectivity index (χ1) is 19.7. The fourth-order valence-corrected chi connectivity index (χ4v) is 6.46. The van der Waals surface area contributed by atoms with Crippen molar-refractivity contribution in [1.29, 1.82) is 0 Å². The summed E-state index contributed by atoms with van der Waals surface area (Å²) in [6, 6.07) is 14.5. The smallest absolute Gasteiger partial charge is 0.253 e. The maximum Gasteiger partial charge on any atom is 0.253 e. The quantitative estimate of drug-likeness (QED) is 0.377. The number of hydrogen-bond acceptors (Lipinski definition) is 8. The zero-order valence-corrected chi connectivity index (χ0v) is 22.9. The molecule has 4 aromatic rings. The van der Waals surface area contributed by atoms with Crippen molar-refractivity contribution in [2.45, 2.75) is 57.7 Å². The Bertz CT molecular complexity index is 1570. The molecule has 3 aliphatic rings. The minimum Gasteiger partial charge on any atom is -0.454 e. The number of fused-ring (bicyclic) bond motifs is 2. The number of nitrogens with zero attached hydrogens (tertiary/aromatic N) is 6. The Morgan fingerprint density at radius 2 is 1.77 bits per heavy atom. The van der Waals surface area contributed by atoms with Gasteiger partial charge in [0.15, 0.2) is 17.3 Å². The molecule has 2 aromatic carbocycles. The van der Waals surface area contributed by atoms with E-state index in [2.05, 4.69) is 67.6 Å². The number of hydrogen-bond donors (Lipinski definition) is 1. The van der Waals surface area contributed by atoms with Crippen molar-refractivity contribution in [3.8, 4) is 11.5 Å². The normalized spacial score (nSPS) is 19.0. The summed E-state index contributed by atoms with van der Waals surface area (Å²) in [6.45, 7) is 6.63. The molecule has 40 heavy (non-hydrogen) atoms. The topological polar surface area (TPSA) is 101 Å². The van der Waals surface area contributed by atoms with Gasteiger partial charge in [-0.3, -0.25) is 14.6 Å². The van der Waals surface area contributed by atoms with Gasteiger partial charge in [0.05, 0.1) is 6.04 Å². The molecule has 1 unspecified atom stereocenters. The van der Waals surface area contributed by atoms with Gasteiger partial charge < -0.3 is 14.5 Å². The van der Waals surface area contributed by atoms with Crippen LogP contribution in [-0.4, -0.2) is 68.0 Å². The monoisotopic (exact) mass is 541 g/mol. The number of pyridine rings is 1. The fraction of sp³-hybridized carbons (Fsp3) is 0.467. The van der Waals surface area contributed by atoms with E-state index < -0.39 is 0 Å². The number of tetrazole rings is 1. The minimum absolute atomic E-state index is 0.0782. The van der Waals surface area contributed by atoms with Gasteiger partial charge in [0, 0.05) is 43.8 Å². The molecular formula is C30H35N7O3. The number of aromatic amines is 1. The average molecular weight is 542 g/mol. The number of aromatic nitrogens is 5. The molecule has 2 aromatic heterocycles. The Morgan fingerprint density at radius 3 is 2.60 bits per heavy atom. The predicted octanol–water partition coefficient (Wildman–Crippen LogP) is 3.83. The average Bonchev–Trinajstić information content (AvgIpc) is 3.76. The molecule has 10 heteroatoms. The van der Waals surface area contributed by atoms with Gasteiger partial charge >= 0.3 is 0 Å². The largest absolute Gasteiger partial charge is 0.454 e. The fourth-order valence-electron chi connectivity index (χ4n) is 6.46. The van der Waals surface area contributed by atoms with Crippen LogP contribution in [0, 0.1) is 0 Å². The summed E-state index contributed by atoms with van der Waals surface area (Å²) >= 11 is 0. The minimum atomic E-state index is -0.318. The second-order valence-electron chi connectivity index (χ2n) is 11.2. The van der Waals surface area contributed by atoms with E-state index in [1.165, 1.54) is 24.0 Å².